The molecule has 0 saturated heterocycles. The highest BCUT2D eigenvalue weighted by atomic mass is 16.5. The Morgan fingerprint density at radius 2 is 2.15 bits per heavy atom. The van der Waals surface area contributed by atoms with Crippen molar-refractivity contribution in [3.63, 3.8) is 0 Å². The molecule has 0 aliphatic carbocycles. The lowest BCUT2D eigenvalue weighted by molar-refractivity contribution is 0.144. The van der Waals surface area contributed by atoms with Crippen molar-refractivity contribution in [1.82, 2.24) is 5.32 Å². The molecule has 0 aliphatic heterocycles. The van der Waals surface area contributed by atoms with Gasteiger partial charge < -0.3 is 10.1 Å². The van der Waals surface area contributed by atoms with E-state index in [4.69, 9.17) is 4.74 Å². The van der Waals surface area contributed by atoms with Gasteiger partial charge >= 0.3 is 6.09 Å². The molecule has 0 aromatic carbocycles. The molecule has 0 fully saturated rings. The summed E-state index contributed by atoms with van der Waals surface area (Å²) in [5.74, 6) is 0. The monoisotopic (exact) mass is 186 g/mol. The van der Waals surface area contributed by atoms with E-state index in [-0.39, 0.29) is 6.09 Å². The van der Waals surface area contributed by atoms with E-state index in [1.54, 1.807) is 0 Å². The Morgan fingerprint density at radius 3 is 2.77 bits per heavy atom. The molecule has 1 amide bonds. The van der Waals surface area contributed by atoms with Gasteiger partial charge in [0.25, 0.3) is 0 Å². The normalized spacial score (nSPS) is 9.69. The molecule has 0 unspecified atom stereocenters. The Morgan fingerprint density at radius 1 is 1.38 bits per heavy atom. The second-order valence-electron chi connectivity index (χ2n) is 2.98. The Labute approximate surface area is 80.8 Å². The van der Waals surface area contributed by atoms with E-state index in [1.807, 2.05) is 0 Å². The SMILES string of the molecule is [CH2]CCCNC(=O)OCCCCC. The van der Waals surface area contributed by atoms with Gasteiger partial charge in [-0.2, -0.15) is 0 Å². The Balaban J connectivity index is 3.11. The first-order chi connectivity index (χ1) is 6.31. The fourth-order valence-corrected chi connectivity index (χ4v) is 0.883. The van der Waals surface area contributed by atoms with E-state index in [0.29, 0.717) is 13.2 Å². The van der Waals surface area contributed by atoms with Gasteiger partial charge in [0, 0.05) is 6.54 Å². The average molecular weight is 186 g/mol. The Hall–Kier alpha value is -0.730. The molecule has 1 N–H and O–H groups in total. The zero-order chi connectivity index (χ0) is 9.94. The molecule has 1 radical (unpaired) electrons. The van der Waals surface area contributed by atoms with Crippen molar-refractivity contribution in [3.05, 3.63) is 6.92 Å². The van der Waals surface area contributed by atoms with Crippen molar-refractivity contribution in [2.75, 3.05) is 13.2 Å². The first kappa shape index (κ1) is 12.3. The highest BCUT2D eigenvalue weighted by Gasteiger charge is 1.98. The second-order valence-corrected chi connectivity index (χ2v) is 2.98. The van der Waals surface area contributed by atoms with Crippen LogP contribution in [0.1, 0.15) is 39.0 Å². The van der Waals surface area contributed by atoms with Gasteiger partial charge in [-0.15, -0.1) is 0 Å². The average Bonchev–Trinajstić information content (AvgIpc) is 2.13. The van der Waals surface area contributed by atoms with Crippen LogP contribution in [-0.4, -0.2) is 19.2 Å². The van der Waals surface area contributed by atoms with Crippen molar-refractivity contribution < 1.29 is 9.53 Å². The number of hydrogen-bond acceptors (Lipinski definition) is 2. The third kappa shape index (κ3) is 9.18. The molecule has 0 atom stereocenters. The van der Waals surface area contributed by atoms with Crippen molar-refractivity contribution in [3.8, 4) is 0 Å². The summed E-state index contributed by atoms with van der Waals surface area (Å²) in [6.45, 7) is 6.99. The van der Waals surface area contributed by atoms with Crippen LogP contribution in [0, 0.1) is 6.92 Å². The molecule has 0 rings (SSSR count). The molecule has 77 valence electrons. The first-order valence-electron chi connectivity index (χ1n) is 5.01. The summed E-state index contributed by atoms with van der Waals surface area (Å²) < 4.78 is 4.92. The lowest BCUT2D eigenvalue weighted by Crippen LogP contribution is -2.25. The van der Waals surface area contributed by atoms with Crippen LogP contribution in [0.25, 0.3) is 0 Å². The highest BCUT2D eigenvalue weighted by molar-refractivity contribution is 5.66. The predicted molar refractivity (Wildman–Crippen MR) is 53.5 cm³/mol. The molecule has 13 heavy (non-hydrogen) atoms. The number of hydrogen-bond donors (Lipinski definition) is 1. The molecule has 0 saturated carbocycles. The summed E-state index contributed by atoms with van der Waals surface area (Å²) in [7, 11) is 0. The number of nitrogens with one attached hydrogen (secondary N) is 1. The predicted octanol–water partition coefficient (Wildman–Crippen LogP) is 2.52. The third-order valence-electron chi connectivity index (χ3n) is 1.68. The summed E-state index contributed by atoms with van der Waals surface area (Å²) >= 11 is 0. The zero-order valence-corrected chi connectivity index (χ0v) is 8.47. The number of alkyl carbamates (subject to hydrolysis) is 1. The van der Waals surface area contributed by atoms with Crippen LogP contribution in [0.15, 0.2) is 0 Å². The van der Waals surface area contributed by atoms with E-state index >= 15 is 0 Å². The maximum Gasteiger partial charge on any atom is 0.407 e. The fourth-order valence-electron chi connectivity index (χ4n) is 0.883. The van der Waals surface area contributed by atoms with Crippen LogP contribution in [0.4, 0.5) is 4.79 Å². The number of carbonyl (C=O) groups excluding carboxylic acids is 1. The van der Waals surface area contributed by atoms with Gasteiger partial charge in [-0.05, 0) is 12.8 Å². The quantitative estimate of drug-likeness (QED) is 0.620. The maximum absolute atomic E-state index is 10.9. The zero-order valence-electron chi connectivity index (χ0n) is 8.47. The van der Waals surface area contributed by atoms with Crippen LogP contribution in [0.2, 0.25) is 0 Å². The van der Waals surface area contributed by atoms with Crippen molar-refractivity contribution >= 4 is 6.09 Å². The molecule has 0 heterocycles. The fraction of sp³-hybridized carbons (Fsp3) is 0.800. The van der Waals surface area contributed by atoms with Gasteiger partial charge in [0.15, 0.2) is 0 Å². The minimum absolute atomic E-state index is 0.301. The summed E-state index contributed by atoms with van der Waals surface area (Å²) in [4.78, 5) is 10.9. The van der Waals surface area contributed by atoms with Crippen LogP contribution >= 0.6 is 0 Å². The summed E-state index contributed by atoms with van der Waals surface area (Å²) in [6.07, 6.45) is 4.67. The number of amides is 1. The van der Waals surface area contributed by atoms with Crippen molar-refractivity contribution in [1.29, 1.82) is 0 Å². The van der Waals surface area contributed by atoms with Gasteiger partial charge in [0.1, 0.15) is 0 Å². The number of unbranched alkanes of at least 4 members (excludes halogenated alkanes) is 3. The lowest BCUT2D eigenvalue weighted by atomic mass is 10.3. The van der Waals surface area contributed by atoms with Gasteiger partial charge in [-0.3, -0.25) is 0 Å². The molecule has 0 bridgehead atoms. The van der Waals surface area contributed by atoms with E-state index in [9.17, 15) is 4.79 Å². The molecule has 0 aliphatic rings. The Bertz CT molecular complexity index is 126. The molecular weight excluding hydrogens is 166 g/mol. The summed E-state index contributed by atoms with van der Waals surface area (Å²) in [5.41, 5.74) is 0. The molecule has 0 aromatic rings. The Kier molecular flexibility index (Phi) is 8.83. The summed E-state index contributed by atoms with van der Waals surface area (Å²) in [5, 5.41) is 2.66. The van der Waals surface area contributed by atoms with E-state index in [2.05, 4.69) is 19.2 Å². The minimum atomic E-state index is -0.301. The van der Waals surface area contributed by atoms with Crippen LogP contribution < -0.4 is 5.32 Å². The molecule has 0 spiro atoms. The molecule has 0 aromatic heterocycles. The van der Waals surface area contributed by atoms with E-state index in [0.717, 1.165) is 32.1 Å². The maximum atomic E-state index is 10.9. The molecular formula is C10H20NO2. The van der Waals surface area contributed by atoms with Crippen molar-refractivity contribution in [2.24, 2.45) is 0 Å². The van der Waals surface area contributed by atoms with Crippen LogP contribution in [0.5, 0.6) is 0 Å². The molecule has 3 nitrogen and oxygen atoms in total. The van der Waals surface area contributed by atoms with Gasteiger partial charge in [0.05, 0.1) is 6.61 Å². The largest absolute Gasteiger partial charge is 0.450 e. The second kappa shape index (κ2) is 9.36. The van der Waals surface area contributed by atoms with Crippen LogP contribution in [0.3, 0.4) is 0 Å². The van der Waals surface area contributed by atoms with Gasteiger partial charge in [-0.1, -0.05) is 33.1 Å². The lowest BCUT2D eigenvalue weighted by Gasteiger charge is -2.05. The number of rotatable bonds is 7. The topological polar surface area (TPSA) is 38.3 Å². The molecule has 3 heteroatoms. The number of ether oxygens (including phenoxy) is 1. The van der Waals surface area contributed by atoms with E-state index < -0.39 is 0 Å². The van der Waals surface area contributed by atoms with Gasteiger partial charge in [-0.25, -0.2) is 4.79 Å². The van der Waals surface area contributed by atoms with Gasteiger partial charge in [0.2, 0.25) is 0 Å². The van der Waals surface area contributed by atoms with E-state index in [1.165, 1.54) is 0 Å². The number of carbonyl (C=O) groups is 1. The third-order valence-corrected chi connectivity index (χ3v) is 1.68. The minimum Gasteiger partial charge on any atom is -0.450 e. The van der Waals surface area contributed by atoms with Crippen LogP contribution in [-0.2, 0) is 4.74 Å². The smallest absolute Gasteiger partial charge is 0.407 e. The van der Waals surface area contributed by atoms with Crippen molar-refractivity contribution in [2.45, 2.75) is 39.0 Å². The first-order valence-corrected chi connectivity index (χ1v) is 5.01. The highest BCUT2D eigenvalue weighted by Crippen LogP contribution is 1.94. The standard InChI is InChI=1S/C10H20NO2/c1-3-5-7-9-13-10(12)11-8-6-4-2/h2-9H2,1H3,(H,11,12). The summed E-state index contributed by atoms with van der Waals surface area (Å²) in [6, 6.07) is 0.